The van der Waals surface area contributed by atoms with Gasteiger partial charge in [-0.3, -0.25) is 4.79 Å². The van der Waals surface area contributed by atoms with Crippen LogP contribution in [0.5, 0.6) is 0 Å². The summed E-state index contributed by atoms with van der Waals surface area (Å²) in [4.78, 5) is 12.2. The standard InChI is InChI=1S/C15H15Cl2N3O/c1-9(2)14(10-3-5-11(16)6-4-10)18-15(21)12-7-8-13(17)20-19-12/h3-9,14H,1-2H3,(H,18,21). The maximum Gasteiger partial charge on any atom is 0.272 e. The molecule has 1 N–H and O–H groups in total. The summed E-state index contributed by atoms with van der Waals surface area (Å²) >= 11 is 11.6. The van der Waals surface area contributed by atoms with Gasteiger partial charge in [0, 0.05) is 5.02 Å². The van der Waals surface area contributed by atoms with Gasteiger partial charge in [-0.05, 0) is 35.7 Å². The van der Waals surface area contributed by atoms with Gasteiger partial charge >= 0.3 is 0 Å². The highest BCUT2D eigenvalue weighted by Gasteiger charge is 2.20. The van der Waals surface area contributed by atoms with Crippen molar-refractivity contribution < 1.29 is 4.79 Å². The predicted octanol–water partition coefficient (Wildman–Crippen LogP) is 3.91. The summed E-state index contributed by atoms with van der Waals surface area (Å²) in [7, 11) is 0. The van der Waals surface area contributed by atoms with Gasteiger partial charge in [-0.15, -0.1) is 10.2 Å². The number of aromatic nitrogens is 2. The van der Waals surface area contributed by atoms with Gasteiger partial charge in [0.15, 0.2) is 10.8 Å². The van der Waals surface area contributed by atoms with Crippen molar-refractivity contribution in [2.45, 2.75) is 19.9 Å². The van der Waals surface area contributed by atoms with Crippen molar-refractivity contribution in [1.82, 2.24) is 15.5 Å². The topological polar surface area (TPSA) is 54.9 Å². The van der Waals surface area contributed by atoms with Gasteiger partial charge in [-0.2, -0.15) is 0 Å². The van der Waals surface area contributed by atoms with Crippen LogP contribution in [0.25, 0.3) is 0 Å². The van der Waals surface area contributed by atoms with Crippen molar-refractivity contribution in [3.8, 4) is 0 Å². The maximum absolute atomic E-state index is 12.2. The smallest absolute Gasteiger partial charge is 0.272 e. The number of nitrogens with zero attached hydrogens (tertiary/aromatic N) is 2. The highest BCUT2D eigenvalue weighted by molar-refractivity contribution is 6.30. The van der Waals surface area contributed by atoms with E-state index in [0.29, 0.717) is 5.02 Å². The van der Waals surface area contributed by atoms with E-state index in [0.717, 1.165) is 5.56 Å². The Morgan fingerprint density at radius 2 is 1.71 bits per heavy atom. The van der Waals surface area contributed by atoms with Crippen LogP contribution < -0.4 is 5.32 Å². The molecule has 0 bridgehead atoms. The van der Waals surface area contributed by atoms with Gasteiger partial charge in [0.2, 0.25) is 0 Å². The molecule has 0 aliphatic carbocycles. The van der Waals surface area contributed by atoms with Gasteiger partial charge in [0.1, 0.15) is 0 Å². The van der Waals surface area contributed by atoms with Crippen LogP contribution in [0.2, 0.25) is 10.2 Å². The molecule has 2 aromatic rings. The number of hydrogen-bond donors (Lipinski definition) is 1. The average molecular weight is 324 g/mol. The number of rotatable bonds is 4. The second-order valence-corrected chi connectivity index (χ2v) is 5.81. The summed E-state index contributed by atoms with van der Waals surface area (Å²) < 4.78 is 0. The molecule has 0 spiro atoms. The van der Waals surface area contributed by atoms with Crippen LogP contribution in [0.4, 0.5) is 0 Å². The molecule has 0 saturated carbocycles. The number of carbonyl (C=O) groups is 1. The quantitative estimate of drug-likeness (QED) is 0.928. The van der Waals surface area contributed by atoms with E-state index in [1.807, 2.05) is 26.0 Å². The molecule has 1 aromatic heterocycles. The summed E-state index contributed by atoms with van der Waals surface area (Å²) in [5.41, 5.74) is 1.23. The highest BCUT2D eigenvalue weighted by Crippen LogP contribution is 2.23. The Morgan fingerprint density at radius 1 is 1.05 bits per heavy atom. The van der Waals surface area contributed by atoms with E-state index in [1.165, 1.54) is 6.07 Å². The molecule has 0 aliphatic heterocycles. The molecule has 1 aromatic carbocycles. The summed E-state index contributed by atoms with van der Waals surface area (Å²) in [5, 5.41) is 11.3. The second kappa shape index (κ2) is 6.87. The molecular weight excluding hydrogens is 309 g/mol. The summed E-state index contributed by atoms with van der Waals surface area (Å²) in [6, 6.07) is 10.4. The van der Waals surface area contributed by atoms with Gasteiger partial charge in [-0.1, -0.05) is 49.2 Å². The first-order valence-corrected chi connectivity index (χ1v) is 7.28. The lowest BCUT2D eigenvalue weighted by Crippen LogP contribution is -2.32. The number of halogens is 2. The van der Waals surface area contributed by atoms with Crippen LogP contribution in [0.3, 0.4) is 0 Å². The van der Waals surface area contributed by atoms with Crippen LogP contribution in [-0.2, 0) is 0 Å². The van der Waals surface area contributed by atoms with E-state index < -0.39 is 0 Å². The number of nitrogens with one attached hydrogen (secondary N) is 1. The van der Waals surface area contributed by atoms with Crippen molar-refractivity contribution in [3.63, 3.8) is 0 Å². The molecule has 0 aliphatic rings. The molecule has 0 saturated heterocycles. The molecule has 1 atom stereocenters. The zero-order valence-corrected chi connectivity index (χ0v) is 13.2. The Kier molecular flexibility index (Phi) is 5.15. The van der Waals surface area contributed by atoms with Crippen LogP contribution in [0.1, 0.15) is 35.9 Å². The largest absolute Gasteiger partial charge is 0.344 e. The van der Waals surface area contributed by atoms with E-state index in [2.05, 4.69) is 15.5 Å². The van der Waals surface area contributed by atoms with Crippen molar-refractivity contribution >= 4 is 29.1 Å². The normalized spacial score (nSPS) is 12.2. The lowest BCUT2D eigenvalue weighted by Gasteiger charge is -2.22. The van der Waals surface area contributed by atoms with Crippen molar-refractivity contribution in [1.29, 1.82) is 0 Å². The van der Waals surface area contributed by atoms with Gasteiger partial charge in [0.05, 0.1) is 6.04 Å². The van der Waals surface area contributed by atoms with Crippen LogP contribution in [0.15, 0.2) is 36.4 Å². The zero-order valence-electron chi connectivity index (χ0n) is 11.7. The first kappa shape index (κ1) is 15.7. The maximum atomic E-state index is 12.2. The zero-order chi connectivity index (χ0) is 15.4. The monoisotopic (exact) mass is 323 g/mol. The highest BCUT2D eigenvalue weighted by atomic mass is 35.5. The minimum Gasteiger partial charge on any atom is -0.344 e. The Hall–Kier alpha value is -1.65. The van der Waals surface area contributed by atoms with Gasteiger partial charge in [-0.25, -0.2) is 0 Å². The Balaban J connectivity index is 2.18. The van der Waals surface area contributed by atoms with E-state index >= 15 is 0 Å². The molecule has 1 unspecified atom stereocenters. The molecule has 4 nitrogen and oxygen atoms in total. The van der Waals surface area contributed by atoms with E-state index in [-0.39, 0.29) is 28.7 Å². The molecule has 6 heteroatoms. The van der Waals surface area contributed by atoms with E-state index in [4.69, 9.17) is 23.2 Å². The number of amides is 1. The lowest BCUT2D eigenvalue weighted by atomic mass is 9.96. The lowest BCUT2D eigenvalue weighted by molar-refractivity contribution is 0.0919. The molecule has 0 fully saturated rings. The number of benzene rings is 1. The minimum absolute atomic E-state index is 0.132. The van der Waals surface area contributed by atoms with Crippen LogP contribution in [0, 0.1) is 5.92 Å². The summed E-state index contributed by atoms with van der Waals surface area (Å²) in [6.45, 7) is 4.07. The second-order valence-electron chi connectivity index (χ2n) is 4.99. The third-order valence-corrected chi connectivity index (χ3v) is 3.50. The fourth-order valence-corrected chi connectivity index (χ4v) is 2.18. The summed E-state index contributed by atoms with van der Waals surface area (Å²) in [5.74, 6) is -0.0665. The first-order chi connectivity index (χ1) is 9.97. The SMILES string of the molecule is CC(C)C(NC(=O)c1ccc(Cl)nn1)c1ccc(Cl)cc1. The molecule has 1 amide bonds. The minimum atomic E-state index is -0.284. The van der Waals surface area contributed by atoms with Crippen molar-refractivity contribution in [2.75, 3.05) is 0 Å². The van der Waals surface area contributed by atoms with Crippen molar-refractivity contribution in [2.24, 2.45) is 5.92 Å². The van der Waals surface area contributed by atoms with E-state index in [9.17, 15) is 4.79 Å². The predicted molar refractivity (Wildman–Crippen MR) is 83.5 cm³/mol. The Bertz CT molecular complexity index is 612. The molecule has 0 radical (unpaired) electrons. The Morgan fingerprint density at radius 3 is 2.24 bits per heavy atom. The fraction of sp³-hybridized carbons (Fsp3) is 0.267. The fourth-order valence-electron chi connectivity index (χ4n) is 1.96. The van der Waals surface area contributed by atoms with Crippen LogP contribution in [-0.4, -0.2) is 16.1 Å². The van der Waals surface area contributed by atoms with E-state index in [1.54, 1.807) is 18.2 Å². The van der Waals surface area contributed by atoms with Gasteiger partial charge in [0.25, 0.3) is 5.91 Å². The molecule has 21 heavy (non-hydrogen) atoms. The van der Waals surface area contributed by atoms with Crippen LogP contribution >= 0.6 is 23.2 Å². The molecular formula is C15H15Cl2N3O. The molecule has 1 heterocycles. The third kappa shape index (κ3) is 4.16. The summed E-state index contributed by atoms with van der Waals surface area (Å²) in [6.07, 6.45) is 0. The first-order valence-electron chi connectivity index (χ1n) is 6.53. The number of carbonyl (C=O) groups excluding carboxylic acids is 1. The molecule has 110 valence electrons. The Labute approximate surface area is 133 Å². The third-order valence-electron chi connectivity index (χ3n) is 3.05. The number of hydrogen-bond acceptors (Lipinski definition) is 3. The average Bonchev–Trinajstić information content (AvgIpc) is 2.46. The molecule has 2 rings (SSSR count). The van der Waals surface area contributed by atoms with Crippen molar-refractivity contribution in [3.05, 3.63) is 57.8 Å². The van der Waals surface area contributed by atoms with Gasteiger partial charge < -0.3 is 5.32 Å².